The summed E-state index contributed by atoms with van der Waals surface area (Å²) in [6.45, 7) is 2.94. The lowest BCUT2D eigenvalue weighted by atomic mass is 10.3. The van der Waals surface area contributed by atoms with Crippen LogP contribution in [-0.2, 0) is 10.0 Å². The van der Waals surface area contributed by atoms with Crippen molar-refractivity contribution in [3.63, 3.8) is 0 Å². The van der Waals surface area contributed by atoms with Gasteiger partial charge < -0.3 is 9.72 Å². The standard InChI is InChI=1S/C12H17N3O3S2/c1-3-18-9-4-5-10-11(8-9)15-12(14-10)19-7-6-13-20(2,16)17/h4-5,8,13H,3,6-7H2,1-2H3,(H,14,15). The van der Waals surface area contributed by atoms with E-state index in [-0.39, 0.29) is 0 Å². The first-order chi connectivity index (χ1) is 9.48. The van der Waals surface area contributed by atoms with Gasteiger partial charge in [0.1, 0.15) is 5.75 Å². The van der Waals surface area contributed by atoms with E-state index >= 15 is 0 Å². The van der Waals surface area contributed by atoms with Crippen molar-refractivity contribution >= 4 is 32.8 Å². The molecule has 0 saturated carbocycles. The number of benzene rings is 1. The van der Waals surface area contributed by atoms with Crippen LogP contribution in [0.4, 0.5) is 0 Å². The number of sulfonamides is 1. The fourth-order valence-corrected chi connectivity index (χ4v) is 3.01. The molecule has 0 spiro atoms. The molecule has 0 unspecified atom stereocenters. The molecule has 20 heavy (non-hydrogen) atoms. The minimum Gasteiger partial charge on any atom is -0.494 e. The molecule has 2 N–H and O–H groups in total. The summed E-state index contributed by atoms with van der Waals surface area (Å²) in [5, 5.41) is 0.768. The summed E-state index contributed by atoms with van der Waals surface area (Å²) in [4.78, 5) is 7.61. The summed E-state index contributed by atoms with van der Waals surface area (Å²) in [5.41, 5.74) is 1.78. The third-order valence-corrected chi connectivity index (χ3v) is 4.05. The highest BCUT2D eigenvalue weighted by Crippen LogP contribution is 2.23. The Morgan fingerprint density at radius 1 is 1.45 bits per heavy atom. The van der Waals surface area contributed by atoms with Crippen LogP contribution in [0.3, 0.4) is 0 Å². The summed E-state index contributed by atoms with van der Waals surface area (Å²) >= 11 is 1.47. The van der Waals surface area contributed by atoms with Crippen molar-refractivity contribution in [3.8, 4) is 5.75 Å². The highest BCUT2D eigenvalue weighted by atomic mass is 32.2. The first-order valence-corrected chi connectivity index (χ1v) is 9.05. The molecule has 0 aliphatic heterocycles. The Bertz CT molecular complexity index is 682. The van der Waals surface area contributed by atoms with Gasteiger partial charge in [-0.1, -0.05) is 11.8 Å². The van der Waals surface area contributed by atoms with Crippen LogP contribution < -0.4 is 9.46 Å². The average Bonchev–Trinajstić information content (AvgIpc) is 2.76. The largest absolute Gasteiger partial charge is 0.494 e. The smallest absolute Gasteiger partial charge is 0.208 e. The molecule has 6 nitrogen and oxygen atoms in total. The van der Waals surface area contributed by atoms with E-state index in [0.29, 0.717) is 18.9 Å². The van der Waals surface area contributed by atoms with Crippen molar-refractivity contribution in [2.75, 3.05) is 25.2 Å². The van der Waals surface area contributed by atoms with Gasteiger partial charge in [0.15, 0.2) is 5.16 Å². The van der Waals surface area contributed by atoms with E-state index in [9.17, 15) is 8.42 Å². The number of H-pyrrole nitrogens is 1. The Morgan fingerprint density at radius 3 is 2.95 bits per heavy atom. The molecular formula is C12H17N3O3S2. The van der Waals surface area contributed by atoms with Gasteiger partial charge in [0.25, 0.3) is 0 Å². The van der Waals surface area contributed by atoms with Crippen molar-refractivity contribution in [2.45, 2.75) is 12.1 Å². The molecule has 0 saturated heterocycles. The van der Waals surface area contributed by atoms with E-state index in [1.54, 1.807) is 0 Å². The minimum atomic E-state index is -3.13. The second-order valence-corrected chi connectivity index (χ2v) is 7.09. The van der Waals surface area contributed by atoms with Crippen molar-refractivity contribution in [2.24, 2.45) is 0 Å². The summed E-state index contributed by atoms with van der Waals surface area (Å²) in [6.07, 6.45) is 1.15. The number of aromatic amines is 1. The molecule has 0 atom stereocenters. The zero-order valence-electron chi connectivity index (χ0n) is 11.3. The van der Waals surface area contributed by atoms with Crippen LogP contribution in [0.1, 0.15) is 6.92 Å². The Kier molecular flexibility index (Phi) is 4.90. The number of nitrogens with one attached hydrogen (secondary N) is 2. The molecule has 0 aliphatic carbocycles. The normalized spacial score (nSPS) is 11.9. The number of thioether (sulfide) groups is 1. The molecule has 0 radical (unpaired) electrons. The van der Waals surface area contributed by atoms with Crippen LogP contribution in [-0.4, -0.2) is 43.5 Å². The third-order valence-electron chi connectivity index (χ3n) is 2.45. The molecule has 8 heteroatoms. The van der Waals surface area contributed by atoms with E-state index in [1.165, 1.54) is 11.8 Å². The maximum Gasteiger partial charge on any atom is 0.208 e. The third kappa shape index (κ3) is 4.39. The number of hydrogen-bond acceptors (Lipinski definition) is 5. The van der Waals surface area contributed by atoms with Gasteiger partial charge in [-0.2, -0.15) is 0 Å². The van der Waals surface area contributed by atoms with Gasteiger partial charge in [0.2, 0.25) is 10.0 Å². The van der Waals surface area contributed by atoms with Gasteiger partial charge in [-0.25, -0.2) is 18.1 Å². The SMILES string of the molecule is CCOc1ccc2nc(SCCNS(C)(=O)=O)[nH]c2c1. The van der Waals surface area contributed by atoms with Crippen LogP contribution in [0.15, 0.2) is 23.4 Å². The summed E-state index contributed by atoms with van der Waals surface area (Å²) in [7, 11) is -3.13. The number of imidazole rings is 1. The Morgan fingerprint density at radius 2 is 2.25 bits per heavy atom. The number of aromatic nitrogens is 2. The second-order valence-electron chi connectivity index (χ2n) is 4.17. The van der Waals surface area contributed by atoms with Crippen molar-refractivity contribution < 1.29 is 13.2 Å². The van der Waals surface area contributed by atoms with Crippen molar-refractivity contribution in [1.82, 2.24) is 14.7 Å². The van der Waals surface area contributed by atoms with Crippen LogP contribution in [0, 0.1) is 0 Å². The highest BCUT2D eigenvalue weighted by molar-refractivity contribution is 7.99. The second kappa shape index (κ2) is 6.47. The van der Waals surface area contributed by atoms with Crippen LogP contribution in [0.25, 0.3) is 11.0 Å². The van der Waals surface area contributed by atoms with Crippen molar-refractivity contribution in [1.29, 1.82) is 0 Å². The first kappa shape index (κ1) is 15.1. The zero-order chi connectivity index (χ0) is 14.6. The van der Waals surface area contributed by atoms with Crippen LogP contribution in [0.2, 0.25) is 0 Å². The van der Waals surface area contributed by atoms with E-state index in [2.05, 4.69) is 14.7 Å². The number of hydrogen-bond donors (Lipinski definition) is 2. The zero-order valence-corrected chi connectivity index (χ0v) is 13.0. The van der Waals surface area contributed by atoms with Gasteiger partial charge in [-0.15, -0.1) is 0 Å². The fraction of sp³-hybridized carbons (Fsp3) is 0.417. The van der Waals surface area contributed by atoms with E-state index in [4.69, 9.17) is 4.74 Å². The number of ether oxygens (including phenoxy) is 1. The summed E-state index contributed by atoms with van der Waals surface area (Å²) in [5.74, 6) is 1.42. The molecule has 2 aromatic rings. The minimum absolute atomic E-state index is 0.380. The van der Waals surface area contributed by atoms with E-state index in [0.717, 1.165) is 28.2 Å². The topological polar surface area (TPSA) is 84.1 Å². The number of rotatable bonds is 7. The Labute approximate surface area is 122 Å². The summed E-state index contributed by atoms with van der Waals surface area (Å²) in [6, 6.07) is 5.69. The molecule has 0 aliphatic rings. The molecule has 110 valence electrons. The molecule has 1 aromatic heterocycles. The van der Waals surface area contributed by atoms with E-state index < -0.39 is 10.0 Å². The molecular weight excluding hydrogens is 298 g/mol. The summed E-state index contributed by atoms with van der Waals surface area (Å²) < 4.78 is 29.7. The average molecular weight is 315 g/mol. The predicted molar refractivity (Wildman–Crippen MR) is 80.8 cm³/mol. The molecule has 0 amide bonds. The monoisotopic (exact) mass is 315 g/mol. The predicted octanol–water partition coefficient (Wildman–Crippen LogP) is 1.60. The maximum absolute atomic E-state index is 10.9. The van der Waals surface area contributed by atoms with Crippen LogP contribution in [0.5, 0.6) is 5.75 Å². The fourth-order valence-electron chi connectivity index (χ4n) is 1.66. The van der Waals surface area contributed by atoms with Gasteiger partial charge in [-0.3, -0.25) is 0 Å². The van der Waals surface area contributed by atoms with Gasteiger partial charge in [0, 0.05) is 18.4 Å². The lowest BCUT2D eigenvalue weighted by Crippen LogP contribution is -2.24. The Balaban J connectivity index is 1.97. The molecule has 1 aromatic carbocycles. The number of nitrogens with zero attached hydrogens (tertiary/aromatic N) is 1. The first-order valence-electron chi connectivity index (χ1n) is 6.18. The van der Waals surface area contributed by atoms with Gasteiger partial charge in [0.05, 0.1) is 23.9 Å². The van der Waals surface area contributed by atoms with Crippen molar-refractivity contribution in [3.05, 3.63) is 18.2 Å². The number of fused-ring (bicyclic) bond motifs is 1. The molecule has 0 bridgehead atoms. The maximum atomic E-state index is 10.9. The molecule has 2 rings (SSSR count). The molecule has 0 fully saturated rings. The quantitative estimate of drug-likeness (QED) is 0.599. The van der Waals surface area contributed by atoms with Crippen LogP contribution >= 0.6 is 11.8 Å². The lowest BCUT2D eigenvalue weighted by molar-refractivity contribution is 0.340. The van der Waals surface area contributed by atoms with E-state index in [1.807, 2.05) is 25.1 Å². The highest BCUT2D eigenvalue weighted by Gasteiger charge is 2.05. The Hall–Kier alpha value is -1.25. The van der Waals surface area contributed by atoms with Gasteiger partial charge in [-0.05, 0) is 19.1 Å². The molecule has 1 heterocycles. The lowest BCUT2D eigenvalue weighted by Gasteiger charge is -2.00. The van der Waals surface area contributed by atoms with Gasteiger partial charge >= 0.3 is 0 Å².